The molecule has 0 radical (unpaired) electrons. The van der Waals surface area contributed by atoms with Crippen LogP contribution in [0.15, 0.2) is 12.4 Å². The lowest BCUT2D eigenvalue weighted by molar-refractivity contribution is -0.122. The lowest BCUT2D eigenvalue weighted by atomic mass is 10.0. The van der Waals surface area contributed by atoms with Gasteiger partial charge < -0.3 is 11.1 Å². The van der Waals surface area contributed by atoms with Gasteiger partial charge in [-0.15, -0.1) is 0 Å². The maximum atomic E-state index is 11.5. The largest absolute Gasteiger partial charge is 0.351 e. The molecule has 1 heterocycles. The van der Waals surface area contributed by atoms with Crippen LogP contribution in [0.4, 0.5) is 0 Å². The molecular formula is C10H18N4O. The number of carbonyl (C=O) groups is 1. The van der Waals surface area contributed by atoms with E-state index in [0.29, 0.717) is 18.9 Å². The fraction of sp³-hybridized carbons (Fsp3) is 0.600. The number of rotatable bonds is 5. The Labute approximate surface area is 89.4 Å². The van der Waals surface area contributed by atoms with Crippen molar-refractivity contribution in [3.8, 4) is 0 Å². The van der Waals surface area contributed by atoms with Crippen LogP contribution in [0.3, 0.4) is 0 Å². The summed E-state index contributed by atoms with van der Waals surface area (Å²) in [5, 5.41) is 9.23. The van der Waals surface area contributed by atoms with Gasteiger partial charge in [0.1, 0.15) is 0 Å². The van der Waals surface area contributed by atoms with Crippen molar-refractivity contribution in [2.75, 3.05) is 0 Å². The van der Waals surface area contributed by atoms with Gasteiger partial charge >= 0.3 is 0 Å². The molecule has 0 saturated carbocycles. The average Bonchev–Trinajstić information content (AvgIpc) is 2.65. The first-order valence-electron chi connectivity index (χ1n) is 5.10. The Morgan fingerprint density at radius 2 is 2.40 bits per heavy atom. The molecule has 1 atom stereocenters. The summed E-state index contributed by atoms with van der Waals surface area (Å²) in [6.07, 6.45) is 4.12. The predicted molar refractivity (Wildman–Crippen MR) is 57.9 cm³/mol. The first kappa shape index (κ1) is 11.7. The van der Waals surface area contributed by atoms with Crippen LogP contribution < -0.4 is 11.1 Å². The smallest absolute Gasteiger partial charge is 0.237 e. The molecule has 0 unspecified atom stereocenters. The van der Waals surface area contributed by atoms with Crippen LogP contribution in [0.2, 0.25) is 0 Å². The summed E-state index contributed by atoms with van der Waals surface area (Å²) < 4.78 is 0. The third kappa shape index (κ3) is 4.12. The molecule has 0 aliphatic heterocycles. The highest BCUT2D eigenvalue weighted by Gasteiger charge is 2.14. The van der Waals surface area contributed by atoms with Gasteiger partial charge in [-0.25, -0.2) is 0 Å². The Balaban J connectivity index is 2.29. The van der Waals surface area contributed by atoms with E-state index < -0.39 is 6.04 Å². The minimum atomic E-state index is -0.420. The van der Waals surface area contributed by atoms with Crippen molar-refractivity contribution >= 4 is 5.91 Å². The van der Waals surface area contributed by atoms with Gasteiger partial charge in [-0.3, -0.25) is 9.89 Å². The second-order valence-electron chi connectivity index (χ2n) is 4.06. The summed E-state index contributed by atoms with van der Waals surface area (Å²) in [6.45, 7) is 4.56. The van der Waals surface area contributed by atoms with E-state index >= 15 is 0 Å². The minimum Gasteiger partial charge on any atom is -0.351 e. The van der Waals surface area contributed by atoms with Gasteiger partial charge in [0.25, 0.3) is 0 Å². The Morgan fingerprint density at radius 1 is 1.67 bits per heavy atom. The fourth-order valence-electron chi connectivity index (χ4n) is 1.31. The van der Waals surface area contributed by atoms with Crippen molar-refractivity contribution < 1.29 is 4.79 Å². The molecule has 1 amide bonds. The Bertz CT molecular complexity index is 294. The molecule has 0 spiro atoms. The number of amides is 1. The highest BCUT2D eigenvalue weighted by atomic mass is 16.2. The zero-order valence-corrected chi connectivity index (χ0v) is 9.16. The number of aromatic amines is 1. The molecule has 0 aromatic carbocycles. The number of nitrogens with one attached hydrogen (secondary N) is 2. The van der Waals surface area contributed by atoms with Gasteiger partial charge in [0.15, 0.2) is 0 Å². The summed E-state index contributed by atoms with van der Waals surface area (Å²) in [4.78, 5) is 11.5. The summed E-state index contributed by atoms with van der Waals surface area (Å²) in [6, 6.07) is -0.420. The molecule has 15 heavy (non-hydrogen) atoms. The van der Waals surface area contributed by atoms with Crippen LogP contribution in [0, 0.1) is 5.92 Å². The zero-order chi connectivity index (χ0) is 11.3. The van der Waals surface area contributed by atoms with Crippen LogP contribution in [0.1, 0.15) is 25.8 Å². The van der Waals surface area contributed by atoms with Crippen LogP contribution >= 0.6 is 0 Å². The van der Waals surface area contributed by atoms with Crippen molar-refractivity contribution in [3.63, 3.8) is 0 Å². The van der Waals surface area contributed by atoms with Gasteiger partial charge in [0, 0.05) is 18.3 Å². The maximum Gasteiger partial charge on any atom is 0.237 e. The molecule has 5 nitrogen and oxygen atoms in total. The van der Waals surface area contributed by atoms with Crippen molar-refractivity contribution in [2.24, 2.45) is 11.7 Å². The monoisotopic (exact) mass is 210 g/mol. The molecule has 1 aromatic heterocycles. The van der Waals surface area contributed by atoms with Crippen molar-refractivity contribution in [1.29, 1.82) is 0 Å². The molecule has 0 bridgehead atoms. The number of H-pyrrole nitrogens is 1. The van der Waals surface area contributed by atoms with Crippen molar-refractivity contribution in [2.45, 2.75) is 32.9 Å². The highest BCUT2D eigenvalue weighted by Crippen LogP contribution is 2.02. The second-order valence-corrected chi connectivity index (χ2v) is 4.06. The summed E-state index contributed by atoms with van der Waals surface area (Å²) in [5.74, 6) is 0.324. The van der Waals surface area contributed by atoms with Crippen LogP contribution in [-0.4, -0.2) is 22.1 Å². The Hall–Kier alpha value is -1.36. The van der Waals surface area contributed by atoms with E-state index in [1.165, 1.54) is 0 Å². The molecule has 0 fully saturated rings. The third-order valence-electron chi connectivity index (χ3n) is 2.08. The van der Waals surface area contributed by atoms with Gasteiger partial charge in [-0.05, 0) is 12.3 Å². The van der Waals surface area contributed by atoms with Crippen molar-refractivity contribution in [3.05, 3.63) is 18.0 Å². The van der Waals surface area contributed by atoms with Gasteiger partial charge in [0.2, 0.25) is 5.91 Å². The fourth-order valence-corrected chi connectivity index (χ4v) is 1.31. The number of carbonyl (C=O) groups excluding carboxylic acids is 1. The van der Waals surface area contributed by atoms with E-state index in [-0.39, 0.29) is 5.91 Å². The SMILES string of the molecule is CC(C)C[C@H](N)C(=O)NCc1cn[nH]c1. The number of nitrogens with two attached hydrogens (primary N) is 1. The summed E-state index contributed by atoms with van der Waals surface area (Å²) in [5.41, 5.74) is 6.67. The third-order valence-corrected chi connectivity index (χ3v) is 2.08. The Morgan fingerprint density at radius 3 is 2.93 bits per heavy atom. The number of hydrogen-bond acceptors (Lipinski definition) is 3. The Kier molecular flexibility index (Phi) is 4.30. The molecule has 0 aliphatic carbocycles. The van der Waals surface area contributed by atoms with Crippen molar-refractivity contribution in [1.82, 2.24) is 15.5 Å². The summed E-state index contributed by atoms with van der Waals surface area (Å²) in [7, 11) is 0. The average molecular weight is 210 g/mol. The number of aromatic nitrogens is 2. The quantitative estimate of drug-likeness (QED) is 0.657. The molecule has 1 rings (SSSR count). The molecule has 0 aliphatic rings. The van der Waals surface area contributed by atoms with E-state index in [4.69, 9.17) is 5.73 Å². The lowest BCUT2D eigenvalue weighted by Gasteiger charge is -2.13. The predicted octanol–water partition coefficient (Wildman–Crippen LogP) is 0.399. The van der Waals surface area contributed by atoms with E-state index in [1.54, 1.807) is 12.4 Å². The minimum absolute atomic E-state index is 0.107. The normalized spacial score (nSPS) is 12.8. The molecule has 0 saturated heterocycles. The molecule has 4 N–H and O–H groups in total. The van der Waals surface area contributed by atoms with Crippen LogP contribution in [0.5, 0.6) is 0 Å². The van der Waals surface area contributed by atoms with Crippen LogP contribution in [0.25, 0.3) is 0 Å². The lowest BCUT2D eigenvalue weighted by Crippen LogP contribution is -2.40. The maximum absolute atomic E-state index is 11.5. The number of nitrogens with zero attached hydrogens (tertiary/aromatic N) is 1. The van der Waals surface area contributed by atoms with E-state index in [0.717, 1.165) is 5.56 Å². The van der Waals surface area contributed by atoms with Gasteiger partial charge in [-0.2, -0.15) is 5.10 Å². The highest BCUT2D eigenvalue weighted by molar-refractivity contribution is 5.81. The van der Waals surface area contributed by atoms with E-state index in [1.807, 2.05) is 13.8 Å². The van der Waals surface area contributed by atoms with E-state index in [9.17, 15) is 4.79 Å². The topological polar surface area (TPSA) is 83.8 Å². The van der Waals surface area contributed by atoms with Crippen LogP contribution in [-0.2, 0) is 11.3 Å². The van der Waals surface area contributed by atoms with Gasteiger partial charge in [0.05, 0.1) is 12.2 Å². The first-order valence-corrected chi connectivity index (χ1v) is 5.10. The second kappa shape index (κ2) is 5.50. The molecule has 5 heteroatoms. The molecule has 84 valence electrons. The first-order chi connectivity index (χ1) is 7.09. The van der Waals surface area contributed by atoms with Gasteiger partial charge in [-0.1, -0.05) is 13.8 Å². The number of hydrogen-bond donors (Lipinski definition) is 3. The molecular weight excluding hydrogens is 192 g/mol. The van der Waals surface area contributed by atoms with E-state index in [2.05, 4.69) is 15.5 Å². The summed E-state index contributed by atoms with van der Waals surface area (Å²) >= 11 is 0. The molecule has 1 aromatic rings. The standard InChI is InChI=1S/C10H18N4O/c1-7(2)3-9(11)10(15)12-4-8-5-13-14-6-8/h5-7,9H,3-4,11H2,1-2H3,(H,12,15)(H,13,14)/t9-/m0/s1. The zero-order valence-electron chi connectivity index (χ0n) is 9.16.